The summed E-state index contributed by atoms with van der Waals surface area (Å²) in [6.07, 6.45) is 5.68. The first-order valence-corrected chi connectivity index (χ1v) is 6.89. The summed E-state index contributed by atoms with van der Waals surface area (Å²) in [5.74, 6) is 0.495. The lowest BCUT2D eigenvalue weighted by molar-refractivity contribution is 0.626. The third-order valence-electron chi connectivity index (χ3n) is 3.06. The lowest BCUT2D eigenvalue weighted by atomic mass is 10.2. The molecule has 0 atom stereocenters. The average molecular weight is 286 g/mol. The summed E-state index contributed by atoms with van der Waals surface area (Å²) in [4.78, 5) is 14.7. The second-order valence-electron chi connectivity index (χ2n) is 4.89. The van der Waals surface area contributed by atoms with Gasteiger partial charge < -0.3 is 4.90 Å². The summed E-state index contributed by atoms with van der Waals surface area (Å²) in [6, 6.07) is 4.83. The quantitative estimate of drug-likeness (QED) is 0.616. The normalized spacial score (nSPS) is 15.0. The first kappa shape index (κ1) is 15.1. The zero-order valence-electron chi connectivity index (χ0n) is 12.5. The Kier molecular flexibility index (Phi) is 4.98. The van der Waals surface area contributed by atoms with Crippen LogP contribution in [0.3, 0.4) is 0 Å². The number of anilines is 1. The zero-order chi connectivity index (χ0) is 15.2. The van der Waals surface area contributed by atoms with Gasteiger partial charge in [0.15, 0.2) is 5.82 Å². The maximum absolute atomic E-state index is 13.3. The predicted molar refractivity (Wildman–Crippen MR) is 87.0 cm³/mol. The van der Waals surface area contributed by atoms with Gasteiger partial charge in [0.05, 0.1) is 6.20 Å². The summed E-state index contributed by atoms with van der Waals surface area (Å²) < 4.78 is 13.3. The van der Waals surface area contributed by atoms with Gasteiger partial charge in [0.1, 0.15) is 12.2 Å². The fourth-order valence-corrected chi connectivity index (χ4v) is 2.13. The van der Waals surface area contributed by atoms with Crippen LogP contribution in [0.5, 0.6) is 0 Å². The molecule has 110 valence electrons. The number of hydrogen-bond donors (Lipinski definition) is 0. The predicted octanol–water partition coefficient (Wildman–Crippen LogP) is 3.59. The molecular weight excluding hydrogens is 267 g/mol. The smallest absolute Gasteiger partial charge is 0.153 e. The first-order valence-electron chi connectivity index (χ1n) is 6.89. The van der Waals surface area contributed by atoms with Crippen molar-refractivity contribution < 1.29 is 4.39 Å². The molecule has 0 saturated carbocycles. The molecule has 2 rings (SSSR count). The molecule has 1 aliphatic heterocycles. The number of benzene rings is 1. The van der Waals surface area contributed by atoms with E-state index in [1.54, 1.807) is 24.5 Å². The minimum absolute atomic E-state index is 0.206. The van der Waals surface area contributed by atoms with E-state index >= 15 is 0 Å². The van der Waals surface area contributed by atoms with Crippen LogP contribution in [0.25, 0.3) is 0 Å². The van der Waals surface area contributed by atoms with Gasteiger partial charge in [-0.3, -0.25) is 4.99 Å². The molecule has 21 heavy (non-hydrogen) atoms. The second kappa shape index (κ2) is 6.92. The molecule has 0 N–H and O–H groups in total. The fourth-order valence-electron chi connectivity index (χ4n) is 2.13. The van der Waals surface area contributed by atoms with Crippen LogP contribution in [0.4, 0.5) is 10.1 Å². The molecule has 0 unspecified atom stereocenters. The molecule has 0 spiro atoms. The van der Waals surface area contributed by atoms with Crippen LogP contribution < -0.4 is 4.90 Å². The molecule has 0 aromatic heterocycles. The largest absolute Gasteiger partial charge is 0.324 e. The summed E-state index contributed by atoms with van der Waals surface area (Å²) in [7, 11) is 0. The average Bonchev–Trinajstić information content (AvgIpc) is 2.85. The lowest BCUT2D eigenvalue weighted by Gasteiger charge is -2.18. The molecule has 0 aliphatic carbocycles. The fraction of sp³-hybridized carbons (Fsp3) is 0.312. The molecule has 1 aromatic carbocycles. The third kappa shape index (κ3) is 3.84. The Labute approximate surface area is 124 Å². The van der Waals surface area contributed by atoms with Gasteiger partial charge in [-0.2, -0.15) is 0 Å². The van der Waals surface area contributed by atoms with Crippen molar-refractivity contribution in [2.75, 3.05) is 11.4 Å². The van der Waals surface area contributed by atoms with E-state index in [0.29, 0.717) is 5.82 Å². The van der Waals surface area contributed by atoms with Gasteiger partial charge in [-0.1, -0.05) is 0 Å². The molecular formula is C16H19FN4. The highest BCUT2D eigenvalue weighted by molar-refractivity contribution is 5.80. The van der Waals surface area contributed by atoms with Gasteiger partial charge in [-0.05, 0) is 51.0 Å². The minimum atomic E-state index is -0.206. The summed E-state index contributed by atoms with van der Waals surface area (Å²) >= 11 is 0. The van der Waals surface area contributed by atoms with Crippen molar-refractivity contribution >= 4 is 24.0 Å². The number of fused-ring (bicyclic) bond motifs is 1. The molecule has 4 nitrogen and oxygen atoms in total. The van der Waals surface area contributed by atoms with Crippen LogP contribution in [0.2, 0.25) is 0 Å². The monoisotopic (exact) mass is 286 g/mol. The van der Waals surface area contributed by atoms with Crippen molar-refractivity contribution in [3.63, 3.8) is 0 Å². The zero-order valence-corrected chi connectivity index (χ0v) is 12.5. The van der Waals surface area contributed by atoms with Crippen molar-refractivity contribution in [2.24, 2.45) is 15.0 Å². The first-order chi connectivity index (χ1) is 10.1. The highest BCUT2D eigenvalue weighted by Crippen LogP contribution is 2.31. The van der Waals surface area contributed by atoms with Crippen molar-refractivity contribution in [1.29, 1.82) is 0 Å². The van der Waals surface area contributed by atoms with E-state index in [0.717, 1.165) is 29.9 Å². The molecule has 1 heterocycles. The van der Waals surface area contributed by atoms with E-state index in [2.05, 4.69) is 15.0 Å². The third-order valence-corrected chi connectivity index (χ3v) is 3.06. The SMILES string of the molecule is CC=N/C=N\C(=C\N=C(C)C)N1CCc2cc(F)ccc21. The maximum atomic E-state index is 13.3. The molecule has 5 heteroatoms. The summed E-state index contributed by atoms with van der Waals surface area (Å²) in [6.45, 7) is 6.44. The van der Waals surface area contributed by atoms with Crippen LogP contribution in [-0.2, 0) is 6.42 Å². The summed E-state index contributed by atoms with van der Waals surface area (Å²) in [5.41, 5.74) is 2.91. The molecule has 0 fully saturated rings. The lowest BCUT2D eigenvalue weighted by Crippen LogP contribution is -2.18. The molecule has 0 bridgehead atoms. The van der Waals surface area contributed by atoms with Crippen molar-refractivity contribution in [3.05, 3.63) is 41.6 Å². The van der Waals surface area contributed by atoms with Gasteiger partial charge in [0, 0.05) is 24.2 Å². The Bertz CT molecular complexity index is 625. The van der Waals surface area contributed by atoms with Crippen molar-refractivity contribution in [1.82, 2.24) is 0 Å². The Morgan fingerprint density at radius 3 is 2.86 bits per heavy atom. The molecule has 1 aromatic rings. The van der Waals surface area contributed by atoms with Gasteiger partial charge >= 0.3 is 0 Å². The highest BCUT2D eigenvalue weighted by Gasteiger charge is 2.22. The molecule has 0 radical (unpaired) electrons. The van der Waals surface area contributed by atoms with Gasteiger partial charge in [0.2, 0.25) is 0 Å². The van der Waals surface area contributed by atoms with Crippen LogP contribution >= 0.6 is 0 Å². The Hall–Kier alpha value is -2.30. The second-order valence-corrected chi connectivity index (χ2v) is 4.89. The number of rotatable bonds is 4. The van der Waals surface area contributed by atoms with E-state index < -0.39 is 0 Å². The number of aliphatic imine (C=N–C) groups is 3. The van der Waals surface area contributed by atoms with Gasteiger partial charge in [0.25, 0.3) is 0 Å². The van der Waals surface area contributed by atoms with Crippen LogP contribution in [0.1, 0.15) is 26.3 Å². The molecule has 0 amide bonds. The highest BCUT2D eigenvalue weighted by atomic mass is 19.1. The standard InChI is InChI=1S/C16H19FN4/c1-4-18-11-20-16(10-19-12(2)3)21-8-7-13-9-14(17)5-6-15(13)21/h4-6,9-11H,7-8H2,1-3H3/b16-10-,18-4?,20-11-. The van der Waals surface area contributed by atoms with E-state index in [4.69, 9.17) is 0 Å². The number of halogens is 1. The number of nitrogens with zero attached hydrogens (tertiary/aromatic N) is 4. The maximum Gasteiger partial charge on any atom is 0.153 e. The van der Waals surface area contributed by atoms with Crippen LogP contribution in [0, 0.1) is 5.82 Å². The van der Waals surface area contributed by atoms with Crippen molar-refractivity contribution in [2.45, 2.75) is 27.2 Å². The van der Waals surface area contributed by atoms with Crippen LogP contribution in [-0.4, -0.2) is 24.8 Å². The van der Waals surface area contributed by atoms with E-state index in [1.807, 2.05) is 25.7 Å². The Morgan fingerprint density at radius 1 is 1.33 bits per heavy atom. The minimum Gasteiger partial charge on any atom is -0.324 e. The van der Waals surface area contributed by atoms with Gasteiger partial charge in [-0.15, -0.1) is 0 Å². The topological polar surface area (TPSA) is 40.3 Å². The molecule has 1 aliphatic rings. The van der Waals surface area contributed by atoms with Crippen LogP contribution in [0.15, 0.2) is 45.2 Å². The Balaban J connectivity index is 2.35. The Morgan fingerprint density at radius 2 is 2.14 bits per heavy atom. The van der Waals surface area contributed by atoms with E-state index in [-0.39, 0.29) is 5.82 Å². The van der Waals surface area contributed by atoms with E-state index in [1.165, 1.54) is 12.4 Å². The van der Waals surface area contributed by atoms with Crippen molar-refractivity contribution in [3.8, 4) is 0 Å². The number of hydrogen-bond acceptors (Lipinski definition) is 3. The van der Waals surface area contributed by atoms with E-state index in [9.17, 15) is 4.39 Å². The summed E-state index contributed by atoms with van der Waals surface area (Å²) in [5, 5.41) is 0. The molecule has 0 saturated heterocycles. The van der Waals surface area contributed by atoms with Gasteiger partial charge in [-0.25, -0.2) is 14.4 Å².